The van der Waals surface area contributed by atoms with Gasteiger partial charge in [-0.3, -0.25) is 0 Å². The van der Waals surface area contributed by atoms with E-state index in [0.29, 0.717) is 28.8 Å². The molecule has 17 heavy (non-hydrogen) atoms. The zero-order valence-electron chi connectivity index (χ0n) is 9.39. The quantitative estimate of drug-likeness (QED) is 0.857. The second-order valence-corrected chi connectivity index (χ2v) is 4.60. The monoisotopic (exact) mass is 310 g/mol. The van der Waals surface area contributed by atoms with Gasteiger partial charge in [-0.05, 0) is 40.5 Å². The van der Waals surface area contributed by atoms with Gasteiger partial charge in [0, 0.05) is 16.7 Å². The maximum Gasteiger partial charge on any atom is 0.405 e. The van der Waals surface area contributed by atoms with E-state index in [1.54, 1.807) is 18.2 Å². The number of benzene rings is 1. The predicted molar refractivity (Wildman–Crippen MR) is 67.1 cm³/mol. The van der Waals surface area contributed by atoms with Crippen molar-refractivity contribution < 1.29 is 13.2 Å². The zero-order valence-corrected chi connectivity index (χ0v) is 11.0. The second-order valence-electron chi connectivity index (χ2n) is 3.75. The highest BCUT2D eigenvalue weighted by Crippen LogP contribution is 2.30. The van der Waals surface area contributed by atoms with Crippen molar-refractivity contribution in [3.8, 4) is 0 Å². The zero-order chi connectivity index (χ0) is 13.1. The van der Waals surface area contributed by atoms with E-state index < -0.39 is 12.7 Å². The van der Waals surface area contributed by atoms with E-state index in [-0.39, 0.29) is 0 Å². The van der Waals surface area contributed by atoms with Gasteiger partial charge < -0.3 is 10.6 Å². The van der Waals surface area contributed by atoms with Gasteiger partial charge in [0.15, 0.2) is 0 Å². The molecule has 0 heterocycles. The van der Waals surface area contributed by atoms with Crippen LogP contribution in [0.3, 0.4) is 0 Å². The van der Waals surface area contributed by atoms with Gasteiger partial charge in [-0.15, -0.1) is 0 Å². The molecule has 0 aliphatic carbocycles. The first-order chi connectivity index (χ1) is 7.83. The summed E-state index contributed by atoms with van der Waals surface area (Å²) in [5.74, 6) is 0. The molecule has 0 radical (unpaired) electrons. The van der Waals surface area contributed by atoms with Crippen molar-refractivity contribution in [3.05, 3.63) is 22.7 Å². The van der Waals surface area contributed by atoms with Gasteiger partial charge >= 0.3 is 6.18 Å². The molecular formula is C11H14BrF3N2. The molecule has 96 valence electrons. The molecule has 0 fully saturated rings. The van der Waals surface area contributed by atoms with Gasteiger partial charge in [0.1, 0.15) is 6.54 Å². The van der Waals surface area contributed by atoms with Crippen LogP contribution in [0, 0.1) is 0 Å². The van der Waals surface area contributed by atoms with Gasteiger partial charge in [-0.25, -0.2) is 0 Å². The molecule has 6 heteroatoms. The molecule has 0 bridgehead atoms. The molecule has 0 saturated heterocycles. The predicted octanol–water partition coefficient (Wildman–Crippen LogP) is 3.81. The van der Waals surface area contributed by atoms with Crippen molar-refractivity contribution in [3.63, 3.8) is 0 Å². The lowest BCUT2D eigenvalue weighted by molar-refractivity contribution is -0.119. The number of nitrogens with zero attached hydrogens (tertiary/aromatic N) is 1. The van der Waals surface area contributed by atoms with Crippen LogP contribution >= 0.6 is 15.9 Å². The summed E-state index contributed by atoms with van der Waals surface area (Å²) in [6, 6.07) is 4.80. The van der Waals surface area contributed by atoms with Crippen LogP contribution in [0.5, 0.6) is 0 Å². The summed E-state index contributed by atoms with van der Waals surface area (Å²) in [6.07, 6.45) is -3.57. The summed E-state index contributed by atoms with van der Waals surface area (Å²) < 4.78 is 37.9. The van der Waals surface area contributed by atoms with E-state index in [0.717, 1.165) is 0 Å². The summed E-state index contributed by atoms with van der Waals surface area (Å²) in [4.78, 5) is 1.30. The summed E-state index contributed by atoms with van der Waals surface area (Å²) in [5.41, 5.74) is 6.59. The molecule has 0 unspecified atom stereocenters. The van der Waals surface area contributed by atoms with Crippen LogP contribution < -0.4 is 10.6 Å². The van der Waals surface area contributed by atoms with Crippen molar-refractivity contribution >= 4 is 27.3 Å². The molecule has 0 amide bonds. The van der Waals surface area contributed by atoms with E-state index in [2.05, 4.69) is 15.9 Å². The fraction of sp³-hybridized carbons (Fsp3) is 0.455. The van der Waals surface area contributed by atoms with Gasteiger partial charge in [0.05, 0.1) is 5.69 Å². The number of anilines is 2. The number of hydrogen-bond acceptors (Lipinski definition) is 2. The molecular weight excluding hydrogens is 297 g/mol. The molecule has 1 aromatic carbocycles. The topological polar surface area (TPSA) is 29.3 Å². The largest absolute Gasteiger partial charge is 0.405 e. The van der Waals surface area contributed by atoms with E-state index in [1.165, 1.54) is 4.90 Å². The Kier molecular flexibility index (Phi) is 4.68. The third-order valence-corrected chi connectivity index (χ3v) is 2.81. The van der Waals surface area contributed by atoms with Gasteiger partial charge in [0.25, 0.3) is 0 Å². The number of halogens is 4. The van der Waals surface area contributed by atoms with E-state index in [4.69, 9.17) is 5.73 Å². The molecule has 0 atom stereocenters. The van der Waals surface area contributed by atoms with Crippen molar-refractivity contribution in [2.45, 2.75) is 19.5 Å². The van der Waals surface area contributed by atoms with Crippen LogP contribution in [0.15, 0.2) is 22.7 Å². The molecule has 2 N–H and O–H groups in total. The lowest BCUT2D eigenvalue weighted by Crippen LogP contribution is -2.35. The summed E-state index contributed by atoms with van der Waals surface area (Å²) in [6.45, 7) is 1.24. The summed E-state index contributed by atoms with van der Waals surface area (Å²) >= 11 is 3.24. The van der Waals surface area contributed by atoms with Gasteiger partial charge in [-0.1, -0.05) is 6.92 Å². The van der Waals surface area contributed by atoms with Crippen LogP contribution in [0.25, 0.3) is 0 Å². The molecule has 1 rings (SSSR count). The lowest BCUT2D eigenvalue weighted by Gasteiger charge is -2.26. The minimum atomic E-state index is -4.21. The molecule has 0 saturated carbocycles. The molecule has 0 aromatic heterocycles. The molecule has 0 aliphatic heterocycles. The Bertz CT molecular complexity index is 379. The number of nitrogen functional groups attached to an aromatic ring is 1. The minimum absolute atomic E-state index is 0.349. The average Bonchev–Trinajstić information content (AvgIpc) is 2.14. The van der Waals surface area contributed by atoms with E-state index >= 15 is 0 Å². The maximum absolute atomic E-state index is 12.4. The Balaban J connectivity index is 2.97. The SMILES string of the molecule is CCCN(CC(F)(F)F)c1ccc(N)cc1Br. The van der Waals surface area contributed by atoms with Crippen molar-refractivity contribution in [1.82, 2.24) is 0 Å². The molecule has 0 spiro atoms. The second kappa shape index (κ2) is 5.62. The third-order valence-electron chi connectivity index (χ3n) is 2.18. The fourth-order valence-corrected chi connectivity index (χ4v) is 2.20. The van der Waals surface area contributed by atoms with Crippen LogP contribution in [-0.2, 0) is 0 Å². The maximum atomic E-state index is 12.4. The average molecular weight is 311 g/mol. The normalized spacial score (nSPS) is 11.6. The molecule has 1 aromatic rings. The first kappa shape index (κ1) is 14.2. The molecule has 2 nitrogen and oxygen atoms in total. The summed E-state index contributed by atoms with van der Waals surface area (Å²) in [5, 5.41) is 0. The Morgan fingerprint density at radius 2 is 2.00 bits per heavy atom. The third kappa shape index (κ3) is 4.46. The number of hydrogen-bond donors (Lipinski definition) is 1. The summed E-state index contributed by atoms with van der Waals surface area (Å²) in [7, 11) is 0. The highest BCUT2D eigenvalue weighted by Gasteiger charge is 2.31. The first-order valence-electron chi connectivity index (χ1n) is 5.20. The van der Waals surface area contributed by atoms with Gasteiger partial charge in [0.2, 0.25) is 0 Å². The lowest BCUT2D eigenvalue weighted by atomic mass is 10.2. The first-order valence-corrected chi connectivity index (χ1v) is 5.99. The van der Waals surface area contributed by atoms with Gasteiger partial charge in [-0.2, -0.15) is 13.2 Å². The molecule has 0 aliphatic rings. The van der Waals surface area contributed by atoms with Crippen LogP contribution in [0.1, 0.15) is 13.3 Å². The van der Waals surface area contributed by atoms with Crippen LogP contribution in [0.4, 0.5) is 24.5 Å². The van der Waals surface area contributed by atoms with Crippen molar-refractivity contribution in [1.29, 1.82) is 0 Å². The van der Waals surface area contributed by atoms with Crippen molar-refractivity contribution in [2.75, 3.05) is 23.7 Å². The van der Waals surface area contributed by atoms with E-state index in [1.807, 2.05) is 6.92 Å². The smallest absolute Gasteiger partial charge is 0.399 e. The Morgan fingerprint density at radius 3 is 2.47 bits per heavy atom. The Hall–Kier alpha value is -0.910. The number of alkyl halides is 3. The highest BCUT2D eigenvalue weighted by atomic mass is 79.9. The Morgan fingerprint density at radius 1 is 1.35 bits per heavy atom. The fourth-order valence-electron chi connectivity index (χ4n) is 1.55. The Labute approximate surface area is 107 Å². The van der Waals surface area contributed by atoms with E-state index in [9.17, 15) is 13.2 Å². The van der Waals surface area contributed by atoms with Crippen molar-refractivity contribution in [2.24, 2.45) is 0 Å². The number of rotatable bonds is 4. The van der Waals surface area contributed by atoms with Crippen LogP contribution in [-0.4, -0.2) is 19.3 Å². The highest BCUT2D eigenvalue weighted by molar-refractivity contribution is 9.10. The van der Waals surface area contributed by atoms with Crippen LogP contribution in [0.2, 0.25) is 0 Å². The standard InChI is InChI=1S/C11H14BrF3N2/c1-2-5-17(7-11(13,14)15)10-4-3-8(16)6-9(10)12/h3-4,6H,2,5,7,16H2,1H3. The number of nitrogens with two attached hydrogens (primary N) is 1. The minimum Gasteiger partial charge on any atom is -0.399 e.